The van der Waals surface area contributed by atoms with Crippen molar-refractivity contribution in [2.75, 3.05) is 18.5 Å². The molecule has 104 valence electrons. The van der Waals surface area contributed by atoms with Gasteiger partial charge in [-0.1, -0.05) is 30.3 Å². The van der Waals surface area contributed by atoms with E-state index in [0.29, 0.717) is 11.3 Å². The minimum absolute atomic E-state index is 0.00542. The number of hydrogen-bond donors (Lipinski definition) is 0. The topological polar surface area (TPSA) is 20.3 Å². The fourth-order valence-corrected chi connectivity index (χ4v) is 2.02. The summed E-state index contributed by atoms with van der Waals surface area (Å²) < 4.78 is 27.0. The van der Waals surface area contributed by atoms with E-state index in [0.717, 1.165) is 0 Å². The molecule has 2 aromatic rings. The third-order valence-electron chi connectivity index (χ3n) is 3.02. The Balaban J connectivity index is 2.02. The van der Waals surface area contributed by atoms with Crippen molar-refractivity contribution in [2.45, 2.75) is 6.42 Å². The Morgan fingerprint density at radius 2 is 1.60 bits per heavy atom. The van der Waals surface area contributed by atoms with Gasteiger partial charge in [0.25, 0.3) is 0 Å². The van der Waals surface area contributed by atoms with Crippen LogP contribution in [0.5, 0.6) is 0 Å². The second-order valence-corrected chi connectivity index (χ2v) is 4.61. The molecule has 0 atom stereocenters. The molecule has 0 spiro atoms. The number of anilines is 1. The van der Waals surface area contributed by atoms with Gasteiger partial charge in [-0.25, -0.2) is 8.78 Å². The number of nitrogens with zero attached hydrogens (tertiary/aromatic N) is 1. The standard InChI is InChI=1S/C16H15F2NO/c1-19(16-9-5-4-8-15(16)18)11-13(20)10-12-6-2-3-7-14(12)17/h2-9H,10-11H2,1H3. The maximum Gasteiger partial charge on any atom is 0.156 e. The molecule has 0 aliphatic rings. The van der Waals surface area contributed by atoms with Crippen molar-refractivity contribution in [3.05, 3.63) is 65.7 Å². The van der Waals surface area contributed by atoms with Crippen LogP contribution in [0.25, 0.3) is 0 Å². The number of hydrogen-bond acceptors (Lipinski definition) is 2. The number of Topliss-reactive ketones (excluding diaryl/α,β-unsaturated/α-hetero) is 1. The number of ketones is 1. The Morgan fingerprint density at radius 3 is 2.25 bits per heavy atom. The largest absolute Gasteiger partial charge is 0.365 e. The molecule has 0 aliphatic heterocycles. The zero-order valence-electron chi connectivity index (χ0n) is 11.1. The van der Waals surface area contributed by atoms with Crippen molar-refractivity contribution < 1.29 is 13.6 Å². The van der Waals surface area contributed by atoms with E-state index in [-0.39, 0.29) is 24.6 Å². The van der Waals surface area contributed by atoms with Crippen molar-refractivity contribution in [1.82, 2.24) is 0 Å². The molecule has 0 amide bonds. The van der Waals surface area contributed by atoms with E-state index in [2.05, 4.69) is 0 Å². The van der Waals surface area contributed by atoms with Gasteiger partial charge in [-0.3, -0.25) is 4.79 Å². The molecular formula is C16H15F2NO. The molecular weight excluding hydrogens is 260 g/mol. The lowest BCUT2D eigenvalue weighted by atomic mass is 10.1. The van der Waals surface area contributed by atoms with E-state index in [1.165, 1.54) is 17.0 Å². The Morgan fingerprint density at radius 1 is 1.00 bits per heavy atom. The summed E-state index contributed by atoms with van der Waals surface area (Å²) in [6, 6.07) is 12.4. The molecule has 0 saturated heterocycles. The maximum absolute atomic E-state index is 13.6. The Kier molecular flexibility index (Phi) is 4.45. The Bertz CT molecular complexity index is 613. The van der Waals surface area contributed by atoms with E-state index < -0.39 is 5.82 Å². The number of halogens is 2. The van der Waals surface area contributed by atoms with Gasteiger partial charge >= 0.3 is 0 Å². The fourth-order valence-electron chi connectivity index (χ4n) is 2.02. The Labute approximate surface area is 116 Å². The van der Waals surface area contributed by atoms with E-state index in [1.54, 1.807) is 43.4 Å². The van der Waals surface area contributed by atoms with Gasteiger partial charge in [0.15, 0.2) is 5.78 Å². The second-order valence-electron chi connectivity index (χ2n) is 4.61. The van der Waals surface area contributed by atoms with Crippen LogP contribution in [0.1, 0.15) is 5.56 Å². The second kappa shape index (κ2) is 6.28. The summed E-state index contributed by atoms with van der Waals surface area (Å²) >= 11 is 0. The number of likely N-dealkylation sites (N-methyl/N-ethyl adjacent to an activating group) is 1. The Hall–Kier alpha value is -2.23. The van der Waals surface area contributed by atoms with Crippen LogP contribution in [-0.4, -0.2) is 19.4 Å². The first-order valence-electron chi connectivity index (χ1n) is 6.28. The first-order chi connectivity index (χ1) is 9.58. The van der Waals surface area contributed by atoms with Crippen molar-refractivity contribution in [3.8, 4) is 0 Å². The zero-order chi connectivity index (χ0) is 14.5. The quantitative estimate of drug-likeness (QED) is 0.835. The van der Waals surface area contributed by atoms with Crippen molar-refractivity contribution in [3.63, 3.8) is 0 Å². The lowest BCUT2D eigenvalue weighted by Crippen LogP contribution is -2.27. The van der Waals surface area contributed by atoms with Crippen LogP contribution in [0.3, 0.4) is 0 Å². The third-order valence-corrected chi connectivity index (χ3v) is 3.02. The monoisotopic (exact) mass is 275 g/mol. The minimum atomic E-state index is -0.394. The zero-order valence-corrected chi connectivity index (χ0v) is 11.1. The van der Waals surface area contributed by atoms with Crippen LogP contribution in [0.15, 0.2) is 48.5 Å². The van der Waals surface area contributed by atoms with Gasteiger partial charge in [-0.05, 0) is 23.8 Å². The molecule has 0 fully saturated rings. The van der Waals surface area contributed by atoms with E-state index in [1.807, 2.05) is 0 Å². The smallest absolute Gasteiger partial charge is 0.156 e. The summed E-state index contributed by atoms with van der Waals surface area (Å²) in [4.78, 5) is 13.5. The third kappa shape index (κ3) is 3.41. The number of benzene rings is 2. The van der Waals surface area contributed by atoms with Gasteiger partial charge in [0, 0.05) is 13.5 Å². The molecule has 2 nitrogen and oxygen atoms in total. The summed E-state index contributed by atoms with van der Waals surface area (Å²) in [6.07, 6.45) is 0.00542. The molecule has 0 heterocycles. The predicted molar refractivity (Wildman–Crippen MR) is 74.8 cm³/mol. The molecule has 4 heteroatoms. The predicted octanol–water partition coefficient (Wildman–Crippen LogP) is 3.21. The van der Waals surface area contributed by atoms with Gasteiger partial charge in [0.05, 0.1) is 12.2 Å². The molecule has 0 N–H and O–H groups in total. The summed E-state index contributed by atoms with van der Waals surface area (Å²) in [5.41, 5.74) is 0.716. The van der Waals surface area contributed by atoms with Crippen molar-refractivity contribution >= 4 is 11.5 Å². The van der Waals surface area contributed by atoms with Crippen molar-refractivity contribution in [2.24, 2.45) is 0 Å². The summed E-state index contributed by atoms with van der Waals surface area (Å²) in [5, 5.41) is 0. The molecule has 2 rings (SSSR count). The van der Waals surface area contributed by atoms with Crippen LogP contribution >= 0.6 is 0 Å². The van der Waals surface area contributed by atoms with Crippen LogP contribution in [-0.2, 0) is 11.2 Å². The van der Waals surface area contributed by atoms with Gasteiger partial charge in [-0.2, -0.15) is 0 Å². The molecule has 0 aliphatic carbocycles. The molecule has 0 aromatic heterocycles. The average molecular weight is 275 g/mol. The van der Waals surface area contributed by atoms with Gasteiger partial charge in [0.1, 0.15) is 11.6 Å². The van der Waals surface area contributed by atoms with Crippen LogP contribution in [0.4, 0.5) is 14.5 Å². The number of rotatable bonds is 5. The van der Waals surface area contributed by atoms with Crippen LogP contribution < -0.4 is 4.90 Å². The first kappa shape index (κ1) is 14.2. The summed E-state index contributed by atoms with van der Waals surface area (Å²) in [5.74, 6) is -0.941. The molecule has 20 heavy (non-hydrogen) atoms. The summed E-state index contributed by atoms with van der Waals surface area (Å²) in [7, 11) is 1.64. The molecule has 2 aromatic carbocycles. The highest BCUT2D eigenvalue weighted by Gasteiger charge is 2.13. The molecule has 0 saturated carbocycles. The molecule has 0 unspecified atom stereocenters. The maximum atomic E-state index is 13.6. The first-order valence-corrected chi connectivity index (χ1v) is 6.28. The minimum Gasteiger partial charge on any atom is -0.365 e. The lowest BCUT2D eigenvalue weighted by molar-refractivity contribution is -0.117. The highest BCUT2D eigenvalue weighted by atomic mass is 19.1. The van der Waals surface area contributed by atoms with E-state index in [9.17, 15) is 13.6 Å². The summed E-state index contributed by atoms with van der Waals surface area (Å²) in [6.45, 7) is 0.0370. The number of carbonyl (C=O) groups is 1. The highest BCUT2D eigenvalue weighted by Crippen LogP contribution is 2.17. The number of carbonyl (C=O) groups excluding carboxylic acids is 1. The SMILES string of the molecule is CN(CC(=O)Cc1ccccc1F)c1ccccc1F. The lowest BCUT2D eigenvalue weighted by Gasteiger charge is -2.19. The molecule has 0 bridgehead atoms. The van der Waals surface area contributed by atoms with E-state index in [4.69, 9.17) is 0 Å². The van der Waals surface area contributed by atoms with Gasteiger partial charge < -0.3 is 4.90 Å². The van der Waals surface area contributed by atoms with Crippen molar-refractivity contribution in [1.29, 1.82) is 0 Å². The molecule has 0 radical (unpaired) electrons. The van der Waals surface area contributed by atoms with E-state index >= 15 is 0 Å². The number of para-hydroxylation sites is 1. The van der Waals surface area contributed by atoms with Gasteiger partial charge in [0.2, 0.25) is 0 Å². The fraction of sp³-hybridized carbons (Fsp3) is 0.188. The van der Waals surface area contributed by atoms with Gasteiger partial charge in [-0.15, -0.1) is 0 Å². The average Bonchev–Trinajstić information content (AvgIpc) is 2.41. The van der Waals surface area contributed by atoms with Crippen LogP contribution in [0.2, 0.25) is 0 Å². The van der Waals surface area contributed by atoms with Crippen LogP contribution in [0, 0.1) is 11.6 Å². The highest BCUT2D eigenvalue weighted by molar-refractivity contribution is 5.85. The normalized spacial score (nSPS) is 10.3.